The number of sulfonamides is 1. The van der Waals surface area contributed by atoms with Crippen LogP contribution in [-0.4, -0.2) is 18.2 Å². The van der Waals surface area contributed by atoms with Gasteiger partial charge in [0.2, 0.25) is 10.0 Å². The largest absolute Gasteiger partial charge is 0.271 e. The summed E-state index contributed by atoms with van der Waals surface area (Å²) in [5.74, 6) is 0.864. The molecular formula is C14H25N3O2S. The Balaban J connectivity index is 1.70. The maximum absolute atomic E-state index is 11.1. The van der Waals surface area contributed by atoms with Gasteiger partial charge in [-0.1, -0.05) is 26.7 Å². The lowest BCUT2D eigenvalue weighted by atomic mass is 9.89. The van der Waals surface area contributed by atoms with Gasteiger partial charge in [-0.15, -0.1) is 0 Å². The van der Waals surface area contributed by atoms with Crippen molar-refractivity contribution >= 4 is 10.0 Å². The van der Waals surface area contributed by atoms with Crippen LogP contribution in [0.4, 0.5) is 0 Å². The van der Waals surface area contributed by atoms with Gasteiger partial charge in [-0.2, -0.15) is 5.10 Å². The molecule has 0 spiro atoms. The minimum absolute atomic E-state index is 0.0926. The maximum Gasteiger partial charge on any atom is 0.241 e. The predicted molar refractivity (Wildman–Crippen MR) is 78.6 cm³/mol. The van der Waals surface area contributed by atoms with Crippen LogP contribution in [-0.2, 0) is 16.6 Å². The van der Waals surface area contributed by atoms with Gasteiger partial charge < -0.3 is 0 Å². The van der Waals surface area contributed by atoms with E-state index in [0.717, 1.165) is 18.9 Å². The summed E-state index contributed by atoms with van der Waals surface area (Å²) in [6.07, 6.45) is 10.3. The molecule has 0 bridgehead atoms. The number of aromatic nitrogens is 2. The zero-order valence-corrected chi connectivity index (χ0v) is 13.2. The highest BCUT2D eigenvalue weighted by Crippen LogP contribution is 2.42. The van der Waals surface area contributed by atoms with Crippen molar-refractivity contribution in [2.24, 2.45) is 16.5 Å². The van der Waals surface area contributed by atoms with Gasteiger partial charge in [-0.25, -0.2) is 13.6 Å². The topological polar surface area (TPSA) is 78.0 Å². The van der Waals surface area contributed by atoms with E-state index < -0.39 is 10.0 Å². The van der Waals surface area contributed by atoms with Gasteiger partial charge in [0, 0.05) is 12.7 Å². The molecule has 1 saturated carbocycles. The summed E-state index contributed by atoms with van der Waals surface area (Å²) >= 11 is 0. The highest BCUT2D eigenvalue weighted by atomic mass is 32.2. The Labute approximate surface area is 121 Å². The lowest BCUT2D eigenvalue weighted by molar-refractivity contribution is 0.348. The Morgan fingerprint density at radius 2 is 2.20 bits per heavy atom. The van der Waals surface area contributed by atoms with Crippen LogP contribution >= 0.6 is 0 Å². The first-order valence-corrected chi connectivity index (χ1v) is 8.86. The first-order chi connectivity index (χ1) is 9.26. The summed E-state index contributed by atoms with van der Waals surface area (Å²) in [7, 11) is -3.62. The molecule has 1 aliphatic rings. The number of hydrogen-bond acceptors (Lipinski definition) is 3. The minimum Gasteiger partial charge on any atom is -0.271 e. The molecule has 2 rings (SSSR count). The van der Waals surface area contributed by atoms with Gasteiger partial charge in [-0.3, -0.25) is 4.68 Å². The van der Waals surface area contributed by atoms with Crippen LogP contribution in [0.2, 0.25) is 0 Å². The molecule has 2 N–H and O–H groups in total. The van der Waals surface area contributed by atoms with Crippen molar-refractivity contribution in [1.29, 1.82) is 0 Å². The first-order valence-electron chi connectivity index (χ1n) is 7.31. The van der Waals surface area contributed by atoms with E-state index >= 15 is 0 Å². The van der Waals surface area contributed by atoms with Crippen LogP contribution in [0.1, 0.15) is 52.4 Å². The van der Waals surface area contributed by atoms with Crippen molar-refractivity contribution in [3.63, 3.8) is 0 Å². The third-order valence-electron chi connectivity index (χ3n) is 4.26. The Bertz CT molecular complexity index is 549. The molecule has 114 valence electrons. The zero-order chi connectivity index (χ0) is 14.8. The normalized spacial score (nSPS) is 22.2. The first kappa shape index (κ1) is 15.5. The quantitative estimate of drug-likeness (QED) is 0.820. The molecular weight excluding hydrogens is 274 g/mol. The fourth-order valence-corrected chi connectivity index (χ4v) is 3.61. The molecule has 1 fully saturated rings. The Kier molecular flexibility index (Phi) is 4.54. The van der Waals surface area contributed by atoms with Gasteiger partial charge in [0.15, 0.2) is 0 Å². The van der Waals surface area contributed by atoms with E-state index in [0.29, 0.717) is 5.41 Å². The standard InChI is InChI=1S/C14H25N3O2S/c1-14(2)7-6-12(9-14)5-3-4-8-17-11-13(10-16-17)20(15,18)19/h10-12H,3-9H2,1-2H3,(H2,15,18,19). The minimum atomic E-state index is -3.62. The summed E-state index contributed by atoms with van der Waals surface area (Å²) < 4.78 is 23.9. The number of nitrogens with two attached hydrogens (primary N) is 1. The second-order valence-corrected chi connectivity index (χ2v) is 8.31. The fraction of sp³-hybridized carbons (Fsp3) is 0.786. The smallest absolute Gasteiger partial charge is 0.241 e. The molecule has 20 heavy (non-hydrogen) atoms. The van der Waals surface area contributed by atoms with Crippen LogP contribution in [0.25, 0.3) is 0 Å². The average molecular weight is 299 g/mol. The zero-order valence-electron chi connectivity index (χ0n) is 12.4. The molecule has 1 aliphatic carbocycles. The van der Waals surface area contributed by atoms with Crippen molar-refractivity contribution < 1.29 is 8.42 Å². The monoisotopic (exact) mass is 299 g/mol. The molecule has 0 aliphatic heterocycles. The van der Waals surface area contributed by atoms with Gasteiger partial charge in [0.05, 0.1) is 6.20 Å². The molecule has 0 radical (unpaired) electrons. The molecule has 1 heterocycles. The number of primary sulfonamides is 1. The number of nitrogens with zero attached hydrogens (tertiary/aromatic N) is 2. The van der Waals surface area contributed by atoms with Crippen molar-refractivity contribution in [2.45, 2.75) is 63.8 Å². The van der Waals surface area contributed by atoms with E-state index in [4.69, 9.17) is 5.14 Å². The fourth-order valence-electron chi connectivity index (χ4n) is 3.15. The van der Waals surface area contributed by atoms with Crippen LogP contribution in [0.15, 0.2) is 17.3 Å². The third-order valence-corrected chi connectivity index (χ3v) is 5.13. The Hall–Kier alpha value is -0.880. The van der Waals surface area contributed by atoms with E-state index in [1.54, 1.807) is 4.68 Å². The van der Waals surface area contributed by atoms with Crippen molar-refractivity contribution in [3.05, 3.63) is 12.4 Å². The summed E-state index contributed by atoms with van der Waals surface area (Å²) in [6.45, 7) is 5.46. The lowest BCUT2D eigenvalue weighted by Crippen LogP contribution is -2.11. The lowest BCUT2D eigenvalue weighted by Gasteiger charge is -2.16. The van der Waals surface area contributed by atoms with Gasteiger partial charge >= 0.3 is 0 Å². The molecule has 1 aromatic heterocycles. The number of rotatable bonds is 6. The number of aryl methyl sites for hydroxylation is 1. The third kappa shape index (κ3) is 4.31. The van der Waals surface area contributed by atoms with Crippen molar-refractivity contribution in [2.75, 3.05) is 0 Å². The predicted octanol–water partition coefficient (Wildman–Crippen LogP) is 2.53. The highest BCUT2D eigenvalue weighted by molar-refractivity contribution is 7.89. The van der Waals surface area contributed by atoms with Crippen LogP contribution in [0.3, 0.4) is 0 Å². The Morgan fingerprint density at radius 1 is 1.45 bits per heavy atom. The molecule has 5 nitrogen and oxygen atoms in total. The van der Waals surface area contributed by atoms with E-state index in [2.05, 4.69) is 18.9 Å². The molecule has 0 saturated heterocycles. The molecule has 1 aromatic rings. The van der Waals surface area contributed by atoms with Crippen LogP contribution < -0.4 is 5.14 Å². The van der Waals surface area contributed by atoms with Gasteiger partial charge in [-0.05, 0) is 37.0 Å². The van der Waals surface area contributed by atoms with Crippen molar-refractivity contribution in [1.82, 2.24) is 9.78 Å². The molecule has 1 atom stereocenters. The average Bonchev–Trinajstić information content (AvgIpc) is 2.90. The molecule has 0 aromatic carbocycles. The van der Waals surface area contributed by atoms with E-state index in [9.17, 15) is 8.42 Å². The number of hydrogen-bond donors (Lipinski definition) is 1. The summed E-state index contributed by atoms with van der Waals surface area (Å²) in [5, 5.41) is 9.08. The molecule has 6 heteroatoms. The summed E-state index contributed by atoms with van der Waals surface area (Å²) in [5.41, 5.74) is 0.525. The Morgan fingerprint density at radius 3 is 2.75 bits per heavy atom. The van der Waals surface area contributed by atoms with Gasteiger partial charge in [0.1, 0.15) is 4.90 Å². The maximum atomic E-state index is 11.1. The highest BCUT2D eigenvalue weighted by Gasteiger charge is 2.30. The second kappa shape index (κ2) is 5.85. The second-order valence-electron chi connectivity index (χ2n) is 6.75. The summed E-state index contributed by atoms with van der Waals surface area (Å²) in [4.78, 5) is 0.0926. The summed E-state index contributed by atoms with van der Waals surface area (Å²) in [6, 6.07) is 0. The SMILES string of the molecule is CC1(C)CCC(CCCCn2cc(S(N)(=O)=O)cn2)C1. The number of unbranched alkanes of at least 4 members (excludes halogenated alkanes) is 1. The van der Waals surface area contributed by atoms with E-state index in [1.807, 2.05) is 0 Å². The van der Waals surface area contributed by atoms with Crippen LogP contribution in [0, 0.1) is 11.3 Å². The molecule has 0 amide bonds. The van der Waals surface area contributed by atoms with Gasteiger partial charge in [0.25, 0.3) is 0 Å². The van der Waals surface area contributed by atoms with E-state index in [1.165, 1.54) is 44.5 Å². The van der Waals surface area contributed by atoms with E-state index in [-0.39, 0.29) is 4.90 Å². The van der Waals surface area contributed by atoms with Crippen LogP contribution in [0.5, 0.6) is 0 Å². The van der Waals surface area contributed by atoms with Crippen molar-refractivity contribution in [3.8, 4) is 0 Å². The molecule has 1 unspecified atom stereocenters.